The first-order chi connectivity index (χ1) is 7.17. The molecule has 0 aromatic rings. The summed E-state index contributed by atoms with van der Waals surface area (Å²) in [5.74, 6) is 1.97. The van der Waals surface area contributed by atoms with Crippen LogP contribution in [0.3, 0.4) is 0 Å². The van der Waals surface area contributed by atoms with Gasteiger partial charge in [0.15, 0.2) is 0 Å². The summed E-state index contributed by atoms with van der Waals surface area (Å²) in [6.45, 7) is 10.4. The maximum atomic E-state index is 3.58. The molecule has 0 bridgehead atoms. The number of likely N-dealkylation sites (N-methyl/N-ethyl adjacent to an activating group) is 2. The lowest BCUT2D eigenvalue weighted by Gasteiger charge is -2.24. The third kappa shape index (κ3) is 4.98. The molecule has 0 amide bonds. The van der Waals surface area contributed by atoms with Crippen molar-refractivity contribution < 1.29 is 0 Å². The molecule has 0 heterocycles. The third-order valence-electron chi connectivity index (χ3n) is 3.48. The molecule has 0 aromatic carbocycles. The van der Waals surface area contributed by atoms with Crippen molar-refractivity contribution in [3.05, 3.63) is 0 Å². The standard InChI is InChI=1S/C13H28N2/c1-5-7-13(14-6-2)10-15(4)9-12-8-11(12)3/h11-14H,5-10H2,1-4H3. The molecular formula is C13H28N2. The highest BCUT2D eigenvalue weighted by molar-refractivity contribution is 4.85. The van der Waals surface area contributed by atoms with E-state index in [2.05, 4.69) is 38.0 Å². The lowest BCUT2D eigenvalue weighted by Crippen LogP contribution is -2.40. The second-order valence-electron chi connectivity index (χ2n) is 5.24. The fourth-order valence-corrected chi connectivity index (χ4v) is 2.40. The van der Waals surface area contributed by atoms with Gasteiger partial charge in [0.05, 0.1) is 0 Å². The van der Waals surface area contributed by atoms with Crippen LogP contribution in [0.5, 0.6) is 0 Å². The van der Waals surface area contributed by atoms with Crippen LogP contribution in [0.4, 0.5) is 0 Å². The normalized spacial score (nSPS) is 27.0. The van der Waals surface area contributed by atoms with Crippen LogP contribution < -0.4 is 5.32 Å². The molecule has 0 saturated heterocycles. The summed E-state index contributed by atoms with van der Waals surface area (Å²) in [4.78, 5) is 2.51. The van der Waals surface area contributed by atoms with Crippen molar-refractivity contribution in [2.45, 2.75) is 46.1 Å². The molecule has 15 heavy (non-hydrogen) atoms. The molecule has 1 fully saturated rings. The van der Waals surface area contributed by atoms with Crippen LogP contribution in [0, 0.1) is 11.8 Å². The Hall–Kier alpha value is -0.0800. The number of hydrogen-bond acceptors (Lipinski definition) is 2. The first kappa shape index (κ1) is 13.0. The molecule has 90 valence electrons. The highest BCUT2D eigenvalue weighted by Gasteiger charge is 2.33. The fourth-order valence-electron chi connectivity index (χ4n) is 2.40. The molecule has 1 rings (SSSR count). The van der Waals surface area contributed by atoms with Gasteiger partial charge in [0, 0.05) is 19.1 Å². The smallest absolute Gasteiger partial charge is 0.0194 e. The minimum absolute atomic E-state index is 0.694. The first-order valence-corrected chi connectivity index (χ1v) is 6.59. The van der Waals surface area contributed by atoms with E-state index in [1.165, 1.54) is 32.4 Å². The highest BCUT2D eigenvalue weighted by Crippen LogP contribution is 2.37. The Morgan fingerprint density at radius 1 is 1.40 bits per heavy atom. The molecule has 1 aliphatic carbocycles. The van der Waals surface area contributed by atoms with Crippen LogP contribution in [0.15, 0.2) is 0 Å². The van der Waals surface area contributed by atoms with E-state index in [0.29, 0.717) is 6.04 Å². The summed E-state index contributed by atoms with van der Waals surface area (Å²) >= 11 is 0. The average Bonchev–Trinajstić information content (AvgIpc) is 2.82. The van der Waals surface area contributed by atoms with E-state index in [1.807, 2.05) is 0 Å². The van der Waals surface area contributed by atoms with E-state index in [9.17, 15) is 0 Å². The van der Waals surface area contributed by atoms with Crippen molar-refractivity contribution in [2.75, 3.05) is 26.7 Å². The van der Waals surface area contributed by atoms with E-state index in [1.54, 1.807) is 0 Å². The van der Waals surface area contributed by atoms with Gasteiger partial charge in [-0.1, -0.05) is 27.2 Å². The zero-order valence-corrected chi connectivity index (χ0v) is 10.9. The van der Waals surface area contributed by atoms with Gasteiger partial charge >= 0.3 is 0 Å². The van der Waals surface area contributed by atoms with Gasteiger partial charge in [-0.25, -0.2) is 0 Å². The molecule has 3 atom stereocenters. The zero-order chi connectivity index (χ0) is 11.3. The Morgan fingerprint density at radius 2 is 2.07 bits per heavy atom. The van der Waals surface area contributed by atoms with E-state index < -0.39 is 0 Å². The molecule has 3 unspecified atom stereocenters. The summed E-state index contributed by atoms with van der Waals surface area (Å²) in [7, 11) is 2.27. The van der Waals surface area contributed by atoms with Crippen LogP contribution in [0.25, 0.3) is 0 Å². The Balaban J connectivity index is 2.17. The predicted octanol–water partition coefficient (Wildman–Crippen LogP) is 2.35. The average molecular weight is 212 g/mol. The van der Waals surface area contributed by atoms with Crippen molar-refractivity contribution in [1.29, 1.82) is 0 Å². The predicted molar refractivity (Wildman–Crippen MR) is 67.1 cm³/mol. The number of rotatable bonds is 8. The Morgan fingerprint density at radius 3 is 2.53 bits per heavy atom. The van der Waals surface area contributed by atoms with Crippen molar-refractivity contribution in [2.24, 2.45) is 11.8 Å². The number of nitrogens with zero attached hydrogens (tertiary/aromatic N) is 1. The second kappa shape index (κ2) is 6.49. The second-order valence-corrected chi connectivity index (χ2v) is 5.24. The Kier molecular flexibility index (Phi) is 5.62. The third-order valence-corrected chi connectivity index (χ3v) is 3.48. The summed E-state index contributed by atoms with van der Waals surface area (Å²) in [5, 5.41) is 3.58. The fraction of sp³-hybridized carbons (Fsp3) is 1.00. The number of nitrogens with one attached hydrogen (secondary N) is 1. The monoisotopic (exact) mass is 212 g/mol. The van der Waals surface area contributed by atoms with Crippen LogP contribution in [0.1, 0.15) is 40.0 Å². The highest BCUT2D eigenvalue weighted by atomic mass is 15.1. The van der Waals surface area contributed by atoms with Gasteiger partial charge in [-0.15, -0.1) is 0 Å². The maximum Gasteiger partial charge on any atom is 0.0194 e. The Bertz CT molecular complexity index is 164. The number of hydrogen-bond donors (Lipinski definition) is 1. The lowest BCUT2D eigenvalue weighted by molar-refractivity contribution is 0.269. The van der Waals surface area contributed by atoms with Crippen LogP contribution in [-0.4, -0.2) is 37.6 Å². The molecule has 0 aliphatic heterocycles. The summed E-state index contributed by atoms with van der Waals surface area (Å²) < 4.78 is 0. The molecule has 0 spiro atoms. The van der Waals surface area contributed by atoms with Crippen molar-refractivity contribution in [3.8, 4) is 0 Å². The van der Waals surface area contributed by atoms with E-state index >= 15 is 0 Å². The minimum Gasteiger partial charge on any atom is -0.313 e. The SMILES string of the molecule is CCCC(CN(C)CC1CC1C)NCC. The summed E-state index contributed by atoms with van der Waals surface area (Å²) in [6, 6.07) is 0.694. The van der Waals surface area contributed by atoms with Crippen molar-refractivity contribution in [3.63, 3.8) is 0 Å². The van der Waals surface area contributed by atoms with E-state index in [4.69, 9.17) is 0 Å². The molecule has 1 aliphatic rings. The van der Waals surface area contributed by atoms with Gasteiger partial charge in [-0.05, 0) is 38.3 Å². The molecule has 1 saturated carbocycles. The maximum absolute atomic E-state index is 3.58. The molecule has 1 N–H and O–H groups in total. The van der Waals surface area contributed by atoms with Gasteiger partial charge < -0.3 is 10.2 Å². The molecule has 2 heteroatoms. The molecule has 2 nitrogen and oxygen atoms in total. The molecule has 0 aromatic heterocycles. The lowest BCUT2D eigenvalue weighted by atomic mass is 10.1. The topological polar surface area (TPSA) is 15.3 Å². The quantitative estimate of drug-likeness (QED) is 0.664. The molecule has 0 radical (unpaired) electrons. The minimum atomic E-state index is 0.694. The van der Waals surface area contributed by atoms with E-state index in [-0.39, 0.29) is 0 Å². The van der Waals surface area contributed by atoms with Crippen molar-refractivity contribution in [1.82, 2.24) is 10.2 Å². The summed E-state index contributed by atoms with van der Waals surface area (Å²) in [6.07, 6.45) is 4.04. The van der Waals surface area contributed by atoms with Crippen molar-refractivity contribution >= 4 is 0 Å². The van der Waals surface area contributed by atoms with Gasteiger partial charge in [-0.2, -0.15) is 0 Å². The van der Waals surface area contributed by atoms with Crippen LogP contribution in [0.2, 0.25) is 0 Å². The molecular weight excluding hydrogens is 184 g/mol. The zero-order valence-electron chi connectivity index (χ0n) is 10.9. The Labute approximate surface area is 95.4 Å². The van der Waals surface area contributed by atoms with E-state index in [0.717, 1.165) is 18.4 Å². The van der Waals surface area contributed by atoms with Gasteiger partial charge in [0.25, 0.3) is 0 Å². The summed E-state index contributed by atoms with van der Waals surface area (Å²) in [5.41, 5.74) is 0. The van der Waals surface area contributed by atoms with Crippen LogP contribution >= 0.6 is 0 Å². The van der Waals surface area contributed by atoms with Gasteiger partial charge in [0.2, 0.25) is 0 Å². The largest absolute Gasteiger partial charge is 0.313 e. The van der Waals surface area contributed by atoms with Gasteiger partial charge in [0.1, 0.15) is 0 Å². The first-order valence-electron chi connectivity index (χ1n) is 6.59. The van der Waals surface area contributed by atoms with Gasteiger partial charge in [-0.3, -0.25) is 0 Å². The van der Waals surface area contributed by atoms with Crippen LogP contribution in [-0.2, 0) is 0 Å².